The quantitative estimate of drug-likeness (QED) is 0.416. The molecule has 2 heteroatoms. The van der Waals surface area contributed by atoms with Crippen LogP contribution in [0.4, 0.5) is 0 Å². The standard InChI is InChI=1S/2C10H20O/c2*1-5-9(2)7-6-8-10(3)11-4/h2*8-9H,5-7H2,1-4H3/b10-8+;10-8-. The molecule has 0 aromatic rings. The lowest BCUT2D eigenvalue weighted by Crippen LogP contribution is -1.90. The maximum absolute atomic E-state index is 5.03. The Labute approximate surface area is 140 Å². The monoisotopic (exact) mass is 312 g/mol. The van der Waals surface area contributed by atoms with Crippen LogP contribution in [0.2, 0.25) is 0 Å². The van der Waals surface area contributed by atoms with Crippen molar-refractivity contribution in [3.05, 3.63) is 23.7 Å². The third kappa shape index (κ3) is 17.1. The minimum absolute atomic E-state index is 0.843. The summed E-state index contributed by atoms with van der Waals surface area (Å²) in [6.45, 7) is 13.0. The first-order valence-corrected chi connectivity index (χ1v) is 8.82. The Bertz CT molecular complexity index is 262. The highest BCUT2D eigenvalue weighted by molar-refractivity contribution is 4.88. The fourth-order valence-corrected chi connectivity index (χ4v) is 1.72. The molecule has 0 N–H and O–H groups in total. The first-order valence-electron chi connectivity index (χ1n) is 8.82. The largest absolute Gasteiger partial charge is 0.502 e. The van der Waals surface area contributed by atoms with Gasteiger partial charge in [-0.25, -0.2) is 0 Å². The molecule has 0 fully saturated rings. The van der Waals surface area contributed by atoms with Crippen molar-refractivity contribution >= 4 is 0 Å². The van der Waals surface area contributed by atoms with Crippen molar-refractivity contribution in [2.75, 3.05) is 14.2 Å². The van der Waals surface area contributed by atoms with Crippen molar-refractivity contribution in [2.24, 2.45) is 11.8 Å². The zero-order chi connectivity index (χ0) is 17.4. The van der Waals surface area contributed by atoms with Gasteiger partial charge in [0.05, 0.1) is 25.7 Å². The van der Waals surface area contributed by atoms with Crippen molar-refractivity contribution in [2.45, 2.75) is 80.1 Å². The highest BCUT2D eigenvalue weighted by Crippen LogP contribution is 2.11. The second kappa shape index (κ2) is 16.5. The number of allylic oxidation sites excluding steroid dienone is 4. The summed E-state index contributed by atoms with van der Waals surface area (Å²) in [6, 6.07) is 0. The van der Waals surface area contributed by atoms with Crippen LogP contribution in [0.5, 0.6) is 0 Å². The molecule has 0 radical (unpaired) electrons. The predicted octanol–water partition coefficient (Wildman–Crippen LogP) is 6.73. The van der Waals surface area contributed by atoms with E-state index in [9.17, 15) is 0 Å². The number of methoxy groups -OCH3 is 2. The first kappa shape index (κ1) is 23.3. The number of rotatable bonds is 10. The zero-order valence-electron chi connectivity index (χ0n) is 16.4. The molecule has 2 atom stereocenters. The Hall–Kier alpha value is -0.920. The number of ether oxygens (including phenoxy) is 2. The summed E-state index contributed by atoms with van der Waals surface area (Å²) in [5, 5.41) is 0. The van der Waals surface area contributed by atoms with Crippen LogP contribution in [-0.4, -0.2) is 14.2 Å². The highest BCUT2D eigenvalue weighted by Gasteiger charge is 1.96. The summed E-state index contributed by atoms with van der Waals surface area (Å²) in [6.07, 6.45) is 11.7. The molecule has 2 nitrogen and oxygen atoms in total. The summed E-state index contributed by atoms with van der Waals surface area (Å²) >= 11 is 0. The van der Waals surface area contributed by atoms with Gasteiger partial charge < -0.3 is 9.47 Å². The number of hydrogen-bond donors (Lipinski definition) is 0. The molecule has 0 aliphatic carbocycles. The van der Waals surface area contributed by atoms with E-state index in [0.29, 0.717) is 0 Å². The fraction of sp³-hybridized carbons (Fsp3) is 0.800. The van der Waals surface area contributed by atoms with Crippen molar-refractivity contribution in [3.8, 4) is 0 Å². The second-order valence-electron chi connectivity index (χ2n) is 6.22. The maximum atomic E-state index is 5.03. The average molecular weight is 313 g/mol. The van der Waals surface area contributed by atoms with Gasteiger partial charge in [-0.1, -0.05) is 40.5 Å². The fourth-order valence-electron chi connectivity index (χ4n) is 1.72. The number of hydrogen-bond acceptors (Lipinski definition) is 2. The van der Waals surface area contributed by atoms with Crippen molar-refractivity contribution < 1.29 is 9.47 Å². The molecule has 0 rings (SSSR count). The van der Waals surface area contributed by atoms with Gasteiger partial charge in [-0.2, -0.15) is 0 Å². The smallest absolute Gasteiger partial charge is 0.0884 e. The minimum atomic E-state index is 0.843. The summed E-state index contributed by atoms with van der Waals surface area (Å²) in [5.41, 5.74) is 0. The summed E-state index contributed by atoms with van der Waals surface area (Å²) in [4.78, 5) is 0. The minimum Gasteiger partial charge on any atom is -0.502 e. The zero-order valence-corrected chi connectivity index (χ0v) is 16.4. The van der Waals surface area contributed by atoms with Gasteiger partial charge in [-0.05, 0) is 63.5 Å². The lowest BCUT2D eigenvalue weighted by atomic mass is 10.0. The molecule has 2 unspecified atom stereocenters. The summed E-state index contributed by atoms with van der Waals surface area (Å²) in [7, 11) is 3.43. The van der Waals surface area contributed by atoms with E-state index in [2.05, 4.69) is 39.8 Å². The van der Waals surface area contributed by atoms with Crippen molar-refractivity contribution in [1.29, 1.82) is 0 Å². The molecular weight excluding hydrogens is 272 g/mol. The molecule has 0 saturated carbocycles. The molecule has 0 aliphatic rings. The van der Waals surface area contributed by atoms with Crippen LogP contribution in [-0.2, 0) is 9.47 Å². The van der Waals surface area contributed by atoms with Gasteiger partial charge in [-0.15, -0.1) is 0 Å². The van der Waals surface area contributed by atoms with E-state index in [1.807, 2.05) is 13.8 Å². The first-order chi connectivity index (χ1) is 10.4. The van der Waals surface area contributed by atoms with E-state index in [4.69, 9.17) is 9.47 Å². The SMILES string of the molecule is CCC(C)CC/C=C(/C)OC.CCC(C)CC/C=C(\C)OC. The molecule has 132 valence electrons. The van der Waals surface area contributed by atoms with Crippen LogP contribution in [0.15, 0.2) is 23.7 Å². The Morgan fingerprint density at radius 2 is 1.09 bits per heavy atom. The van der Waals surface area contributed by atoms with E-state index in [0.717, 1.165) is 36.2 Å². The second-order valence-corrected chi connectivity index (χ2v) is 6.22. The average Bonchev–Trinajstić information content (AvgIpc) is 2.54. The summed E-state index contributed by atoms with van der Waals surface area (Å²) in [5.74, 6) is 3.76. The molecule has 0 aromatic carbocycles. The van der Waals surface area contributed by atoms with Gasteiger partial charge in [0.25, 0.3) is 0 Å². The third-order valence-electron chi connectivity index (χ3n) is 4.22. The molecule has 22 heavy (non-hydrogen) atoms. The van der Waals surface area contributed by atoms with Gasteiger partial charge in [0, 0.05) is 0 Å². The lowest BCUT2D eigenvalue weighted by molar-refractivity contribution is 0.291. The van der Waals surface area contributed by atoms with E-state index >= 15 is 0 Å². The van der Waals surface area contributed by atoms with Crippen LogP contribution < -0.4 is 0 Å². The van der Waals surface area contributed by atoms with Crippen LogP contribution >= 0.6 is 0 Å². The molecule has 0 spiro atoms. The Kier molecular flexibility index (Phi) is 17.5. The van der Waals surface area contributed by atoms with Gasteiger partial charge in [0.2, 0.25) is 0 Å². The lowest BCUT2D eigenvalue weighted by Gasteiger charge is -2.05. The maximum Gasteiger partial charge on any atom is 0.0884 e. The highest BCUT2D eigenvalue weighted by atomic mass is 16.5. The van der Waals surface area contributed by atoms with E-state index in [-0.39, 0.29) is 0 Å². The molecule has 0 heterocycles. The Morgan fingerprint density at radius 3 is 1.32 bits per heavy atom. The summed E-state index contributed by atoms with van der Waals surface area (Å²) < 4.78 is 10.1. The molecule has 0 aromatic heterocycles. The predicted molar refractivity (Wildman–Crippen MR) is 98.9 cm³/mol. The van der Waals surface area contributed by atoms with Crippen LogP contribution in [0, 0.1) is 11.8 Å². The molecule has 0 amide bonds. The van der Waals surface area contributed by atoms with Crippen molar-refractivity contribution in [1.82, 2.24) is 0 Å². The van der Waals surface area contributed by atoms with Crippen LogP contribution in [0.25, 0.3) is 0 Å². The normalized spacial score (nSPS) is 14.7. The molecule has 0 aliphatic heterocycles. The van der Waals surface area contributed by atoms with Crippen LogP contribution in [0.3, 0.4) is 0 Å². The topological polar surface area (TPSA) is 18.5 Å². The molecule has 0 saturated heterocycles. The van der Waals surface area contributed by atoms with E-state index in [1.54, 1.807) is 14.2 Å². The van der Waals surface area contributed by atoms with Gasteiger partial charge in [0.1, 0.15) is 0 Å². The molecular formula is C20H40O2. The van der Waals surface area contributed by atoms with Crippen LogP contribution in [0.1, 0.15) is 80.1 Å². The van der Waals surface area contributed by atoms with Gasteiger partial charge in [0.15, 0.2) is 0 Å². The molecule has 0 bridgehead atoms. The van der Waals surface area contributed by atoms with Gasteiger partial charge >= 0.3 is 0 Å². The Balaban J connectivity index is 0. The van der Waals surface area contributed by atoms with E-state index in [1.165, 1.54) is 25.7 Å². The van der Waals surface area contributed by atoms with Gasteiger partial charge in [-0.3, -0.25) is 0 Å². The third-order valence-corrected chi connectivity index (χ3v) is 4.22. The van der Waals surface area contributed by atoms with E-state index < -0.39 is 0 Å². The Morgan fingerprint density at radius 1 is 0.773 bits per heavy atom. The van der Waals surface area contributed by atoms with Crippen molar-refractivity contribution in [3.63, 3.8) is 0 Å².